The number of rotatable bonds is 8. The summed E-state index contributed by atoms with van der Waals surface area (Å²) in [6.45, 7) is 6.99. The van der Waals surface area contributed by atoms with Crippen molar-refractivity contribution in [2.24, 2.45) is 0 Å². The maximum Gasteiger partial charge on any atom is 0.358 e. The van der Waals surface area contributed by atoms with Crippen LogP contribution in [0, 0.1) is 5.82 Å². The zero-order valence-corrected chi connectivity index (χ0v) is 17.6. The van der Waals surface area contributed by atoms with Crippen molar-refractivity contribution in [2.75, 3.05) is 37.7 Å². The second-order valence-electron chi connectivity index (χ2n) is 7.41. The number of aromatic nitrogens is 2. The molecule has 0 spiro atoms. The van der Waals surface area contributed by atoms with Crippen LogP contribution in [0.3, 0.4) is 0 Å². The van der Waals surface area contributed by atoms with Crippen LogP contribution in [0.4, 0.5) is 10.1 Å². The fourth-order valence-electron chi connectivity index (χ4n) is 3.51. The number of halogens is 1. The number of anilines is 1. The molecule has 1 saturated heterocycles. The van der Waals surface area contributed by atoms with Crippen molar-refractivity contribution < 1.29 is 18.7 Å². The van der Waals surface area contributed by atoms with E-state index >= 15 is 0 Å². The van der Waals surface area contributed by atoms with Gasteiger partial charge in [0.05, 0.1) is 6.61 Å². The molecule has 0 N–H and O–H groups in total. The summed E-state index contributed by atoms with van der Waals surface area (Å²) in [5, 5.41) is 4.34. The van der Waals surface area contributed by atoms with Gasteiger partial charge in [-0.05, 0) is 43.2 Å². The molecule has 1 aromatic heterocycles. The van der Waals surface area contributed by atoms with E-state index in [2.05, 4.69) is 10.00 Å². The lowest BCUT2D eigenvalue weighted by atomic mass is 10.2. The van der Waals surface area contributed by atoms with Crippen LogP contribution < -0.4 is 4.90 Å². The Bertz CT molecular complexity index is 858. The first-order chi connectivity index (χ1) is 14.5. The number of carbonyl (C=O) groups is 2. The van der Waals surface area contributed by atoms with E-state index in [0.29, 0.717) is 32.8 Å². The van der Waals surface area contributed by atoms with E-state index in [1.807, 2.05) is 18.7 Å². The number of aryl methyl sites for hydroxylation is 1. The van der Waals surface area contributed by atoms with Crippen LogP contribution in [0.5, 0.6) is 0 Å². The molecule has 1 aliphatic rings. The van der Waals surface area contributed by atoms with E-state index in [1.54, 1.807) is 22.9 Å². The Kier molecular flexibility index (Phi) is 7.43. The minimum absolute atomic E-state index is 0.0253. The van der Waals surface area contributed by atoms with E-state index in [1.165, 1.54) is 12.1 Å². The third-order valence-electron chi connectivity index (χ3n) is 5.13. The standard InChI is InChI=1S/C22H29FN4O3/c1-3-5-19-15-20(22(29)30-14-4-2)24-27(19)16-21(28)26-12-10-25(11-13-26)18-8-6-17(23)7-9-18/h6-9,15H,3-5,10-14,16H2,1-2H3. The smallest absolute Gasteiger partial charge is 0.358 e. The number of piperazine rings is 1. The van der Waals surface area contributed by atoms with E-state index < -0.39 is 5.97 Å². The molecule has 1 fully saturated rings. The minimum atomic E-state index is -0.451. The molecule has 7 nitrogen and oxygen atoms in total. The SMILES string of the molecule is CCCOC(=O)c1cc(CCC)n(CC(=O)N2CCN(c3ccc(F)cc3)CC2)n1. The van der Waals surface area contributed by atoms with Gasteiger partial charge in [-0.1, -0.05) is 20.3 Å². The molecule has 1 amide bonds. The summed E-state index contributed by atoms with van der Waals surface area (Å²) in [5.41, 5.74) is 2.07. The van der Waals surface area contributed by atoms with E-state index in [4.69, 9.17) is 4.74 Å². The summed E-state index contributed by atoms with van der Waals surface area (Å²) < 4.78 is 19.9. The number of hydrogen-bond donors (Lipinski definition) is 0. The van der Waals surface area contributed by atoms with Crippen LogP contribution in [0.2, 0.25) is 0 Å². The molecule has 0 bridgehead atoms. The number of benzene rings is 1. The first-order valence-corrected chi connectivity index (χ1v) is 10.5. The van der Waals surface area contributed by atoms with E-state index in [0.717, 1.165) is 30.6 Å². The molecule has 3 rings (SSSR count). The normalized spacial score (nSPS) is 14.1. The number of amides is 1. The molecule has 0 unspecified atom stereocenters. The highest BCUT2D eigenvalue weighted by Gasteiger charge is 2.23. The molecule has 0 saturated carbocycles. The third-order valence-corrected chi connectivity index (χ3v) is 5.13. The Morgan fingerprint density at radius 1 is 1.07 bits per heavy atom. The summed E-state index contributed by atoms with van der Waals surface area (Å²) in [4.78, 5) is 28.9. The molecular weight excluding hydrogens is 387 g/mol. The fourth-order valence-corrected chi connectivity index (χ4v) is 3.51. The van der Waals surface area contributed by atoms with Gasteiger partial charge in [-0.2, -0.15) is 5.10 Å². The molecule has 1 aromatic carbocycles. The molecular formula is C22H29FN4O3. The molecule has 2 heterocycles. The van der Waals surface area contributed by atoms with Crippen LogP contribution in [0.1, 0.15) is 42.9 Å². The highest BCUT2D eigenvalue weighted by Crippen LogP contribution is 2.17. The molecule has 0 aliphatic carbocycles. The van der Waals surface area contributed by atoms with Crippen molar-refractivity contribution in [1.29, 1.82) is 0 Å². The first kappa shape index (κ1) is 21.8. The maximum absolute atomic E-state index is 13.1. The molecule has 0 atom stereocenters. The van der Waals surface area contributed by atoms with Crippen molar-refractivity contribution in [3.05, 3.63) is 47.5 Å². The first-order valence-electron chi connectivity index (χ1n) is 10.5. The molecule has 2 aromatic rings. The maximum atomic E-state index is 13.1. The lowest BCUT2D eigenvalue weighted by Crippen LogP contribution is -2.49. The van der Waals surface area contributed by atoms with Gasteiger partial charge in [0, 0.05) is 37.6 Å². The number of nitrogens with zero attached hydrogens (tertiary/aromatic N) is 4. The summed E-state index contributed by atoms with van der Waals surface area (Å²) in [6.07, 6.45) is 2.37. The summed E-state index contributed by atoms with van der Waals surface area (Å²) >= 11 is 0. The van der Waals surface area contributed by atoms with Gasteiger partial charge in [0.25, 0.3) is 0 Å². The van der Waals surface area contributed by atoms with Crippen LogP contribution >= 0.6 is 0 Å². The van der Waals surface area contributed by atoms with Gasteiger partial charge < -0.3 is 14.5 Å². The highest BCUT2D eigenvalue weighted by atomic mass is 19.1. The van der Waals surface area contributed by atoms with E-state index in [-0.39, 0.29) is 24.0 Å². The predicted octanol–water partition coefficient (Wildman–Crippen LogP) is 2.89. The van der Waals surface area contributed by atoms with Gasteiger partial charge in [0.2, 0.25) is 5.91 Å². The number of ether oxygens (including phenoxy) is 1. The van der Waals surface area contributed by atoms with Gasteiger partial charge in [-0.15, -0.1) is 0 Å². The van der Waals surface area contributed by atoms with Gasteiger partial charge in [0.1, 0.15) is 12.4 Å². The third kappa shape index (κ3) is 5.37. The topological polar surface area (TPSA) is 67.7 Å². The van der Waals surface area contributed by atoms with Crippen LogP contribution in [-0.2, 0) is 22.5 Å². The second-order valence-corrected chi connectivity index (χ2v) is 7.41. The highest BCUT2D eigenvalue weighted by molar-refractivity contribution is 5.87. The molecule has 0 radical (unpaired) electrons. The Balaban J connectivity index is 1.60. The van der Waals surface area contributed by atoms with Crippen molar-refractivity contribution in [3.8, 4) is 0 Å². The zero-order chi connectivity index (χ0) is 21.5. The summed E-state index contributed by atoms with van der Waals surface area (Å²) in [6, 6.07) is 8.13. The largest absolute Gasteiger partial charge is 0.461 e. The average molecular weight is 416 g/mol. The lowest BCUT2D eigenvalue weighted by molar-refractivity contribution is -0.132. The Labute approximate surface area is 176 Å². The average Bonchev–Trinajstić information content (AvgIpc) is 3.15. The molecule has 162 valence electrons. The summed E-state index contributed by atoms with van der Waals surface area (Å²) in [5.74, 6) is -0.733. The molecule has 1 aliphatic heterocycles. The predicted molar refractivity (Wildman–Crippen MR) is 112 cm³/mol. The van der Waals surface area contributed by atoms with Crippen molar-refractivity contribution in [2.45, 2.75) is 39.7 Å². The fraction of sp³-hybridized carbons (Fsp3) is 0.500. The minimum Gasteiger partial charge on any atom is -0.461 e. The summed E-state index contributed by atoms with van der Waals surface area (Å²) in [7, 11) is 0. The zero-order valence-electron chi connectivity index (χ0n) is 17.6. The van der Waals surface area contributed by atoms with Gasteiger partial charge in [0.15, 0.2) is 5.69 Å². The van der Waals surface area contributed by atoms with E-state index in [9.17, 15) is 14.0 Å². The monoisotopic (exact) mass is 416 g/mol. The van der Waals surface area contributed by atoms with Gasteiger partial charge >= 0.3 is 5.97 Å². The van der Waals surface area contributed by atoms with Gasteiger partial charge in [-0.3, -0.25) is 9.48 Å². The number of hydrogen-bond acceptors (Lipinski definition) is 5. The van der Waals surface area contributed by atoms with Crippen molar-refractivity contribution >= 4 is 17.6 Å². The van der Waals surface area contributed by atoms with Crippen LogP contribution in [0.25, 0.3) is 0 Å². The van der Waals surface area contributed by atoms with Crippen molar-refractivity contribution in [3.63, 3.8) is 0 Å². The lowest BCUT2D eigenvalue weighted by Gasteiger charge is -2.36. The van der Waals surface area contributed by atoms with Crippen LogP contribution in [-0.4, -0.2) is 59.3 Å². The number of carbonyl (C=O) groups excluding carboxylic acids is 2. The van der Waals surface area contributed by atoms with Crippen LogP contribution in [0.15, 0.2) is 30.3 Å². The quantitative estimate of drug-likeness (QED) is 0.619. The molecule has 30 heavy (non-hydrogen) atoms. The van der Waals surface area contributed by atoms with Crippen molar-refractivity contribution in [1.82, 2.24) is 14.7 Å². The Morgan fingerprint density at radius 3 is 2.40 bits per heavy atom. The molecule has 8 heteroatoms. The Hall–Kier alpha value is -2.90. The Morgan fingerprint density at radius 2 is 1.77 bits per heavy atom. The van der Waals surface area contributed by atoms with Gasteiger partial charge in [-0.25, -0.2) is 9.18 Å². The number of esters is 1. The second kappa shape index (κ2) is 10.2.